The zero-order valence-corrected chi connectivity index (χ0v) is 12.2. The third-order valence-corrected chi connectivity index (χ3v) is 9.96. The predicted molar refractivity (Wildman–Crippen MR) is 84.0 cm³/mol. The molecule has 0 fully saturated rings. The molecule has 2 rings (SSSR count). The largest absolute Gasteiger partial charge is 0.0622 e. The summed E-state index contributed by atoms with van der Waals surface area (Å²) in [4.78, 5) is 0. The van der Waals surface area contributed by atoms with Crippen molar-refractivity contribution in [2.24, 2.45) is 0 Å². The Bertz CT molecular complexity index is 364. The van der Waals surface area contributed by atoms with Gasteiger partial charge in [0.05, 0.1) is 0 Å². The Balaban J connectivity index is 1.70. The summed E-state index contributed by atoms with van der Waals surface area (Å²) in [6.45, 7) is 0. The van der Waals surface area contributed by atoms with Gasteiger partial charge in [-0.05, 0) is 26.2 Å². The van der Waals surface area contributed by atoms with Crippen molar-refractivity contribution in [1.82, 2.24) is 0 Å². The Morgan fingerprint density at radius 2 is 0.938 bits per heavy atom. The van der Waals surface area contributed by atoms with Crippen molar-refractivity contribution < 1.29 is 0 Å². The van der Waals surface area contributed by atoms with Gasteiger partial charge >= 0.3 is 0 Å². The summed E-state index contributed by atoms with van der Waals surface area (Å²) in [5.74, 6) is 0. The van der Waals surface area contributed by atoms with E-state index in [9.17, 15) is 0 Å². The zero-order chi connectivity index (χ0) is 11.1. The van der Waals surface area contributed by atoms with Gasteiger partial charge in [-0.1, -0.05) is 81.5 Å². The molecule has 0 amide bonds. The maximum absolute atomic E-state index is 2.19. The van der Waals surface area contributed by atoms with E-state index in [1.165, 1.54) is 10.6 Å². The average Bonchev–Trinajstić information content (AvgIpc) is 2.37. The van der Waals surface area contributed by atoms with Crippen LogP contribution in [0.4, 0.5) is 0 Å². The maximum atomic E-state index is 2.19. The SMILES string of the molecule is c1ccc(PSSPc2ccccc2)cc1. The maximum Gasteiger partial charge on any atom is -0.0159 e. The second kappa shape index (κ2) is 7.35. The van der Waals surface area contributed by atoms with E-state index in [0.717, 1.165) is 15.6 Å². The molecule has 0 saturated heterocycles. The Morgan fingerprint density at radius 3 is 1.31 bits per heavy atom. The lowest BCUT2D eigenvalue weighted by Gasteiger charge is -2.01. The van der Waals surface area contributed by atoms with Crippen molar-refractivity contribution in [2.45, 2.75) is 0 Å². The van der Waals surface area contributed by atoms with Crippen molar-refractivity contribution in [1.29, 1.82) is 0 Å². The van der Waals surface area contributed by atoms with E-state index < -0.39 is 0 Å². The highest BCUT2D eigenvalue weighted by atomic mass is 33.5. The molecule has 0 aliphatic carbocycles. The van der Waals surface area contributed by atoms with Crippen LogP contribution in [-0.4, -0.2) is 0 Å². The summed E-state index contributed by atoms with van der Waals surface area (Å²) in [5, 5.41) is 2.86. The molecular formula is C12H12P2S2. The summed E-state index contributed by atoms with van der Waals surface area (Å²) in [7, 11) is 5.60. The highest BCUT2D eigenvalue weighted by Crippen LogP contribution is 2.49. The molecule has 4 heteroatoms. The second-order valence-corrected chi connectivity index (χ2v) is 10.2. The summed E-state index contributed by atoms with van der Waals surface area (Å²) < 4.78 is 0. The highest BCUT2D eigenvalue weighted by molar-refractivity contribution is 9.10. The van der Waals surface area contributed by atoms with Gasteiger partial charge in [-0.25, -0.2) is 0 Å². The molecule has 16 heavy (non-hydrogen) atoms. The minimum Gasteiger partial charge on any atom is -0.0622 e. The average molecular weight is 282 g/mol. The predicted octanol–water partition coefficient (Wildman–Crippen LogP) is 4.21. The van der Waals surface area contributed by atoms with Crippen molar-refractivity contribution in [2.75, 3.05) is 0 Å². The molecule has 0 radical (unpaired) electrons. The molecule has 0 spiro atoms. The Labute approximate surface area is 107 Å². The number of hydrogen-bond donors (Lipinski definition) is 0. The highest BCUT2D eigenvalue weighted by Gasteiger charge is 1.94. The van der Waals surface area contributed by atoms with Crippen LogP contribution in [0.5, 0.6) is 0 Å². The lowest BCUT2D eigenvalue weighted by atomic mass is 10.4. The Hall–Kier alpha value is -0.000000000000000222. The Morgan fingerprint density at radius 1 is 0.562 bits per heavy atom. The molecule has 0 nitrogen and oxygen atoms in total. The third-order valence-electron chi connectivity index (χ3n) is 1.91. The van der Waals surface area contributed by atoms with E-state index in [2.05, 4.69) is 60.7 Å². The van der Waals surface area contributed by atoms with Crippen LogP contribution in [0.3, 0.4) is 0 Å². The van der Waals surface area contributed by atoms with Crippen LogP contribution in [0.25, 0.3) is 0 Å². The van der Waals surface area contributed by atoms with Crippen LogP contribution in [0.2, 0.25) is 0 Å². The van der Waals surface area contributed by atoms with Crippen LogP contribution < -0.4 is 10.6 Å². The van der Waals surface area contributed by atoms with Crippen LogP contribution >= 0.6 is 36.4 Å². The smallest absolute Gasteiger partial charge is 0.0159 e. The fourth-order valence-electron chi connectivity index (χ4n) is 1.15. The van der Waals surface area contributed by atoms with Crippen LogP contribution in [0, 0.1) is 0 Å². The minimum atomic E-state index is 0.843. The quantitative estimate of drug-likeness (QED) is 0.458. The van der Waals surface area contributed by atoms with Crippen molar-refractivity contribution in [3.63, 3.8) is 0 Å². The van der Waals surface area contributed by atoms with Crippen LogP contribution in [0.1, 0.15) is 0 Å². The molecule has 0 bridgehead atoms. The monoisotopic (exact) mass is 282 g/mol. The summed E-state index contributed by atoms with van der Waals surface area (Å²) in [6, 6.07) is 21.3. The molecule has 0 N–H and O–H groups in total. The molecular weight excluding hydrogens is 270 g/mol. The van der Waals surface area contributed by atoms with E-state index in [1.54, 1.807) is 0 Å². The first-order valence-electron chi connectivity index (χ1n) is 4.90. The number of benzene rings is 2. The lowest BCUT2D eigenvalue weighted by molar-refractivity contribution is 1.78. The van der Waals surface area contributed by atoms with Gasteiger partial charge in [0, 0.05) is 0 Å². The van der Waals surface area contributed by atoms with Gasteiger partial charge in [0.25, 0.3) is 0 Å². The topological polar surface area (TPSA) is 0 Å². The molecule has 0 saturated carbocycles. The summed E-state index contributed by atoms with van der Waals surface area (Å²) >= 11 is 0. The first-order valence-corrected chi connectivity index (χ1v) is 10.5. The van der Waals surface area contributed by atoms with E-state index in [-0.39, 0.29) is 0 Å². The van der Waals surface area contributed by atoms with Gasteiger partial charge in [0.2, 0.25) is 0 Å². The molecule has 2 unspecified atom stereocenters. The molecule has 2 aromatic carbocycles. The van der Waals surface area contributed by atoms with E-state index in [4.69, 9.17) is 0 Å². The van der Waals surface area contributed by atoms with E-state index in [1.807, 2.05) is 20.8 Å². The molecule has 0 aliphatic rings. The lowest BCUT2D eigenvalue weighted by Crippen LogP contribution is -1.88. The first kappa shape index (κ1) is 12.5. The van der Waals surface area contributed by atoms with Crippen LogP contribution in [0.15, 0.2) is 60.7 Å². The molecule has 82 valence electrons. The van der Waals surface area contributed by atoms with Crippen molar-refractivity contribution in [3.8, 4) is 0 Å². The van der Waals surface area contributed by atoms with Gasteiger partial charge in [0.1, 0.15) is 0 Å². The van der Waals surface area contributed by atoms with Crippen molar-refractivity contribution in [3.05, 3.63) is 60.7 Å². The molecule has 2 aromatic rings. The van der Waals surface area contributed by atoms with Gasteiger partial charge in [-0.3, -0.25) is 0 Å². The van der Waals surface area contributed by atoms with E-state index in [0.29, 0.717) is 0 Å². The zero-order valence-electron chi connectivity index (χ0n) is 8.59. The molecule has 0 aromatic heterocycles. The van der Waals surface area contributed by atoms with Gasteiger partial charge < -0.3 is 0 Å². The summed E-state index contributed by atoms with van der Waals surface area (Å²) in [5.41, 5.74) is 0. The first-order chi connectivity index (χ1) is 7.95. The van der Waals surface area contributed by atoms with Gasteiger partial charge in [-0.15, -0.1) is 0 Å². The minimum absolute atomic E-state index is 0.843. The second-order valence-electron chi connectivity index (χ2n) is 3.10. The normalized spacial score (nSPS) is 11.8. The van der Waals surface area contributed by atoms with Gasteiger partial charge in [0.15, 0.2) is 0 Å². The van der Waals surface area contributed by atoms with Crippen LogP contribution in [-0.2, 0) is 0 Å². The summed E-state index contributed by atoms with van der Waals surface area (Å²) in [6.07, 6.45) is 0. The van der Waals surface area contributed by atoms with Crippen molar-refractivity contribution >= 4 is 47.0 Å². The molecule has 2 atom stereocenters. The Kier molecular flexibility index (Phi) is 5.72. The fraction of sp³-hybridized carbons (Fsp3) is 0. The fourth-order valence-corrected chi connectivity index (χ4v) is 8.46. The standard InChI is InChI=1S/C12H12P2S2/c1-3-7-11(8-4-1)13-15-16-14-12-9-5-2-6-10-12/h1-10,13-14H. The molecule has 0 aliphatic heterocycles. The third kappa shape index (κ3) is 4.47. The number of hydrogen-bond acceptors (Lipinski definition) is 2. The number of rotatable bonds is 5. The van der Waals surface area contributed by atoms with Gasteiger partial charge in [-0.2, -0.15) is 0 Å². The molecule has 0 heterocycles. The van der Waals surface area contributed by atoms with E-state index >= 15 is 0 Å².